The van der Waals surface area contributed by atoms with Crippen molar-refractivity contribution in [2.24, 2.45) is 0 Å². The standard InChI is InChI=1S/C24H24FNO4/c1-28-12-13-30-21-5-3-4-17(14-21)16-26-24(27)22-11-8-19(15-23(22)25)18-6-9-20(29-2)10-7-18/h3-11,14-15H,12-13,16H2,1-2H3,(H,26,27). The molecule has 0 aliphatic carbocycles. The summed E-state index contributed by atoms with van der Waals surface area (Å²) in [5, 5.41) is 2.75. The van der Waals surface area contributed by atoms with E-state index < -0.39 is 11.7 Å². The predicted molar refractivity (Wildman–Crippen MR) is 113 cm³/mol. The molecular formula is C24H24FNO4. The number of hydrogen-bond acceptors (Lipinski definition) is 4. The highest BCUT2D eigenvalue weighted by atomic mass is 19.1. The number of benzene rings is 3. The number of amides is 1. The third-order valence-electron chi connectivity index (χ3n) is 4.54. The zero-order valence-electron chi connectivity index (χ0n) is 17.0. The Balaban J connectivity index is 1.63. The molecule has 0 heterocycles. The van der Waals surface area contributed by atoms with Gasteiger partial charge in [0.1, 0.15) is 23.9 Å². The van der Waals surface area contributed by atoms with E-state index in [9.17, 15) is 9.18 Å². The van der Waals surface area contributed by atoms with Crippen LogP contribution in [0.4, 0.5) is 4.39 Å². The fourth-order valence-corrected chi connectivity index (χ4v) is 2.93. The van der Waals surface area contributed by atoms with Crippen LogP contribution in [0.1, 0.15) is 15.9 Å². The van der Waals surface area contributed by atoms with E-state index in [2.05, 4.69) is 5.32 Å². The van der Waals surface area contributed by atoms with Crippen molar-refractivity contribution in [3.05, 3.63) is 83.7 Å². The fourth-order valence-electron chi connectivity index (χ4n) is 2.93. The topological polar surface area (TPSA) is 56.8 Å². The van der Waals surface area contributed by atoms with Crippen LogP contribution in [0.15, 0.2) is 66.7 Å². The van der Waals surface area contributed by atoms with Gasteiger partial charge in [-0.3, -0.25) is 4.79 Å². The van der Waals surface area contributed by atoms with Gasteiger partial charge in [-0.2, -0.15) is 0 Å². The van der Waals surface area contributed by atoms with Crippen LogP contribution in [0.25, 0.3) is 11.1 Å². The lowest BCUT2D eigenvalue weighted by Gasteiger charge is -2.10. The van der Waals surface area contributed by atoms with Crippen molar-refractivity contribution in [1.82, 2.24) is 5.32 Å². The summed E-state index contributed by atoms with van der Waals surface area (Å²) in [7, 11) is 3.20. The van der Waals surface area contributed by atoms with Crippen LogP contribution < -0.4 is 14.8 Å². The lowest BCUT2D eigenvalue weighted by atomic mass is 10.0. The number of hydrogen-bond donors (Lipinski definition) is 1. The maximum absolute atomic E-state index is 14.6. The van der Waals surface area contributed by atoms with Crippen LogP contribution in [-0.2, 0) is 11.3 Å². The van der Waals surface area contributed by atoms with Gasteiger partial charge >= 0.3 is 0 Å². The van der Waals surface area contributed by atoms with E-state index in [4.69, 9.17) is 14.2 Å². The molecule has 3 aromatic rings. The molecule has 3 aromatic carbocycles. The number of ether oxygens (including phenoxy) is 3. The van der Waals surface area contributed by atoms with Crippen molar-refractivity contribution in [3.63, 3.8) is 0 Å². The van der Waals surface area contributed by atoms with Crippen molar-refractivity contribution < 1.29 is 23.4 Å². The summed E-state index contributed by atoms with van der Waals surface area (Å²) in [5.74, 6) is 0.370. The Bertz CT molecular complexity index is 989. The van der Waals surface area contributed by atoms with Gasteiger partial charge in [-0.05, 0) is 53.1 Å². The van der Waals surface area contributed by atoms with Gasteiger partial charge in [-0.15, -0.1) is 0 Å². The van der Waals surface area contributed by atoms with Gasteiger partial charge in [0.15, 0.2) is 0 Å². The molecule has 0 aromatic heterocycles. The Morgan fingerprint density at radius 2 is 1.67 bits per heavy atom. The van der Waals surface area contributed by atoms with E-state index in [0.29, 0.717) is 24.5 Å². The fraction of sp³-hybridized carbons (Fsp3) is 0.208. The monoisotopic (exact) mass is 409 g/mol. The quantitative estimate of drug-likeness (QED) is 0.531. The maximum Gasteiger partial charge on any atom is 0.254 e. The molecule has 1 amide bonds. The maximum atomic E-state index is 14.6. The SMILES string of the molecule is COCCOc1cccc(CNC(=O)c2ccc(-c3ccc(OC)cc3)cc2F)c1. The summed E-state index contributed by atoms with van der Waals surface area (Å²) in [5.41, 5.74) is 2.38. The highest BCUT2D eigenvalue weighted by molar-refractivity contribution is 5.95. The smallest absolute Gasteiger partial charge is 0.254 e. The van der Waals surface area contributed by atoms with E-state index in [1.807, 2.05) is 36.4 Å². The van der Waals surface area contributed by atoms with E-state index >= 15 is 0 Å². The molecule has 0 aliphatic heterocycles. The summed E-state index contributed by atoms with van der Waals surface area (Å²) < 4.78 is 30.2. The first kappa shape index (κ1) is 21.3. The van der Waals surface area contributed by atoms with Gasteiger partial charge in [0.05, 0.1) is 19.3 Å². The first-order valence-electron chi connectivity index (χ1n) is 9.53. The second kappa shape index (κ2) is 10.4. The average molecular weight is 409 g/mol. The summed E-state index contributed by atoms with van der Waals surface area (Å²) in [6, 6.07) is 19.3. The van der Waals surface area contributed by atoms with Crippen molar-refractivity contribution in [3.8, 4) is 22.6 Å². The molecule has 30 heavy (non-hydrogen) atoms. The molecule has 6 heteroatoms. The van der Waals surface area contributed by atoms with Gasteiger partial charge in [-0.1, -0.05) is 30.3 Å². The Morgan fingerprint density at radius 3 is 2.37 bits per heavy atom. The van der Waals surface area contributed by atoms with Crippen LogP contribution >= 0.6 is 0 Å². The molecule has 3 rings (SSSR count). The summed E-state index contributed by atoms with van der Waals surface area (Å²) >= 11 is 0. The summed E-state index contributed by atoms with van der Waals surface area (Å²) in [6.07, 6.45) is 0. The van der Waals surface area contributed by atoms with Crippen LogP contribution in [0.3, 0.4) is 0 Å². The number of nitrogens with one attached hydrogen (secondary N) is 1. The summed E-state index contributed by atoms with van der Waals surface area (Å²) in [4.78, 5) is 12.5. The zero-order valence-corrected chi connectivity index (χ0v) is 17.0. The lowest BCUT2D eigenvalue weighted by molar-refractivity contribution is 0.0947. The van der Waals surface area contributed by atoms with Gasteiger partial charge in [-0.25, -0.2) is 4.39 Å². The molecule has 0 saturated heterocycles. The Hall–Kier alpha value is -3.38. The Morgan fingerprint density at radius 1 is 0.900 bits per heavy atom. The molecular weight excluding hydrogens is 385 g/mol. The van der Waals surface area contributed by atoms with Gasteiger partial charge in [0, 0.05) is 13.7 Å². The largest absolute Gasteiger partial charge is 0.497 e. The van der Waals surface area contributed by atoms with Gasteiger partial charge < -0.3 is 19.5 Å². The molecule has 0 spiro atoms. The van der Waals surface area contributed by atoms with Crippen molar-refractivity contribution >= 4 is 5.91 Å². The molecule has 5 nitrogen and oxygen atoms in total. The summed E-state index contributed by atoms with van der Waals surface area (Å²) in [6.45, 7) is 1.20. The second-order valence-corrected chi connectivity index (χ2v) is 6.59. The molecule has 0 bridgehead atoms. The number of carbonyl (C=O) groups is 1. The minimum absolute atomic E-state index is 0.000221. The van der Waals surface area contributed by atoms with E-state index in [1.165, 1.54) is 12.1 Å². The molecule has 0 aliphatic rings. The minimum Gasteiger partial charge on any atom is -0.497 e. The Kier molecular flexibility index (Phi) is 7.40. The lowest BCUT2D eigenvalue weighted by Crippen LogP contribution is -2.23. The molecule has 0 saturated carbocycles. The van der Waals surface area contributed by atoms with Crippen LogP contribution in [-0.4, -0.2) is 33.3 Å². The molecule has 0 radical (unpaired) electrons. The number of rotatable bonds is 9. The molecule has 156 valence electrons. The predicted octanol–water partition coefficient (Wildman–Crippen LogP) is 4.46. The third-order valence-corrected chi connectivity index (χ3v) is 4.54. The minimum atomic E-state index is -0.572. The first-order chi connectivity index (χ1) is 14.6. The average Bonchev–Trinajstić information content (AvgIpc) is 2.78. The van der Waals surface area contributed by atoms with Crippen LogP contribution in [0, 0.1) is 5.82 Å². The third kappa shape index (κ3) is 5.58. The highest BCUT2D eigenvalue weighted by Crippen LogP contribution is 2.24. The molecule has 0 fully saturated rings. The van der Waals surface area contributed by atoms with E-state index in [-0.39, 0.29) is 12.1 Å². The van der Waals surface area contributed by atoms with Crippen molar-refractivity contribution in [1.29, 1.82) is 0 Å². The van der Waals surface area contributed by atoms with Crippen LogP contribution in [0.5, 0.6) is 11.5 Å². The molecule has 1 N–H and O–H groups in total. The Labute approximate surface area is 175 Å². The normalized spacial score (nSPS) is 10.5. The number of methoxy groups -OCH3 is 2. The zero-order chi connectivity index (χ0) is 21.3. The van der Waals surface area contributed by atoms with Crippen molar-refractivity contribution in [2.75, 3.05) is 27.4 Å². The van der Waals surface area contributed by atoms with Gasteiger partial charge in [0.25, 0.3) is 5.91 Å². The highest BCUT2D eigenvalue weighted by Gasteiger charge is 2.13. The second-order valence-electron chi connectivity index (χ2n) is 6.59. The molecule has 0 unspecified atom stereocenters. The van der Waals surface area contributed by atoms with E-state index in [1.54, 1.807) is 32.4 Å². The number of halogens is 1. The number of carbonyl (C=O) groups excluding carboxylic acids is 1. The first-order valence-corrected chi connectivity index (χ1v) is 9.53. The van der Waals surface area contributed by atoms with Crippen molar-refractivity contribution in [2.45, 2.75) is 6.54 Å². The molecule has 0 atom stereocenters. The van der Waals surface area contributed by atoms with Gasteiger partial charge in [0.2, 0.25) is 0 Å². The van der Waals surface area contributed by atoms with Crippen LogP contribution in [0.2, 0.25) is 0 Å². The van der Waals surface area contributed by atoms with E-state index in [0.717, 1.165) is 16.9 Å².